The van der Waals surface area contributed by atoms with Crippen LogP contribution in [0.2, 0.25) is 0 Å². The van der Waals surface area contributed by atoms with Crippen LogP contribution in [-0.2, 0) is 0 Å². The quantitative estimate of drug-likeness (QED) is 0.370. The fraction of sp³-hybridized carbons (Fsp3) is 0.0769. The first kappa shape index (κ1) is 13.5. The van der Waals surface area contributed by atoms with Gasteiger partial charge in [-0.15, -0.1) is 0 Å². The van der Waals surface area contributed by atoms with Gasteiger partial charge in [0.25, 0.3) is 5.69 Å². The summed E-state index contributed by atoms with van der Waals surface area (Å²) in [5.41, 5.74) is 0.392. The van der Waals surface area contributed by atoms with E-state index in [-0.39, 0.29) is 11.4 Å². The average molecular weight is 274 g/mol. The summed E-state index contributed by atoms with van der Waals surface area (Å²) in [5.74, 6) is 0.499. The van der Waals surface area contributed by atoms with Crippen LogP contribution in [0.15, 0.2) is 42.7 Å². The minimum Gasteiger partial charge on any atom is -0.395 e. The number of aryl methyl sites for hydroxylation is 1. The van der Waals surface area contributed by atoms with Crippen molar-refractivity contribution < 1.29 is 19.2 Å². The highest BCUT2D eigenvalue weighted by Crippen LogP contribution is 2.23. The Morgan fingerprint density at radius 2 is 1.90 bits per heavy atom. The van der Waals surface area contributed by atoms with Crippen LogP contribution in [0.3, 0.4) is 0 Å². The van der Waals surface area contributed by atoms with Crippen LogP contribution in [0, 0.1) is 17.0 Å². The second kappa shape index (κ2) is 5.79. The molecule has 0 saturated carbocycles. The zero-order valence-electron chi connectivity index (χ0n) is 10.5. The van der Waals surface area contributed by atoms with Crippen molar-refractivity contribution in [2.75, 3.05) is 0 Å². The van der Waals surface area contributed by atoms with Crippen molar-refractivity contribution in [3.8, 4) is 11.5 Å². The largest absolute Gasteiger partial charge is 0.519 e. The van der Waals surface area contributed by atoms with Crippen molar-refractivity contribution >= 4 is 11.8 Å². The molecule has 102 valence electrons. The van der Waals surface area contributed by atoms with Crippen LogP contribution >= 0.6 is 0 Å². The van der Waals surface area contributed by atoms with Crippen LogP contribution in [-0.4, -0.2) is 16.1 Å². The highest BCUT2D eigenvalue weighted by atomic mass is 16.7. The SMILES string of the molecule is Cc1cc([N+](=O)[O-])ccc1OC(=O)Oc1ccncc1. The van der Waals surface area contributed by atoms with E-state index in [1.165, 1.54) is 42.7 Å². The number of pyridine rings is 1. The van der Waals surface area contributed by atoms with Crippen LogP contribution in [0.1, 0.15) is 5.56 Å². The molecule has 20 heavy (non-hydrogen) atoms. The van der Waals surface area contributed by atoms with E-state index in [1.807, 2.05) is 0 Å². The second-order valence-corrected chi connectivity index (χ2v) is 3.84. The van der Waals surface area contributed by atoms with Gasteiger partial charge in [0.15, 0.2) is 0 Å². The molecule has 2 rings (SSSR count). The molecule has 0 spiro atoms. The van der Waals surface area contributed by atoms with Gasteiger partial charge in [-0.25, -0.2) is 4.79 Å². The minimum absolute atomic E-state index is 0.0719. The van der Waals surface area contributed by atoms with Crippen molar-refractivity contribution in [3.63, 3.8) is 0 Å². The normalized spacial score (nSPS) is 9.85. The fourth-order valence-corrected chi connectivity index (χ4v) is 1.47. The lowest BCUT2D eigenvalue weighted by Gasteiger charge is -2.07. The third-order valence-corrected chi connectivity index (χ3v) is 2.41. The summed E-state index contributed by atoms with van der Waals surface area (Å²) in [6, 6.07) is 6.92. The average Bonchev–Trinajstić information content (AvgIpc) is 2.42. The van der Waals surface area contributed by atoms with Gasteiger partial charge in [-0.2, -0.15) is 0 Å². The maximum Gasteiger partial charge on any atom is 0.519 e. The van der Waals surface area contributed by atoms with Crippen molar-refractivity contribution in [1.29, 1.82) is 0 Å². The molecule has 0 saturated heterocycles. The monoisotopic (exact) mass is 274 g/mol. The molecule has 0 aliphatic carbocycles. The molecule has 0 fully saturated rings. The number of nitrogens with zero attached hydrogens (tertiary/aromatic N) is 2. The molecule has 0 atom stereocenters. The number of non-ortho nitro benzene ring substituents is 1. The molecule has 0 bridgehead atoms. The summed E-state index contributed by atoms with van der Waals surface area (Å²) in [4.78, 5) is 25.4. The third-order valence-electron chi connectivity index (χ3n) is 2.41. The minimum atomic E-state index is -0.923. The zero-order valence-corrected chi connectivity index (χ0v) is 10.5. The first-order valence-electron chi connectivity index (χ1n) is 5.61. The molecule has 1 aromatic heterocycles. The Kier molecular flexibility index (Phi) is 3.90. The van der Waals surface area contributed by atoms with E-state index in [0.717, 1.165) is 0 Å². The molecule has 0 aliphatic rings. The van der Waals surface area contributed by atoms with Crippen molar-refractivity contribution in [3.05, 3.63) is 58.4 Å². The lowest BCUT2D eigenvalue weighted by atomic mass is 10.2. The van der Waals surface area contributed by atoms with Gasteiger partial charge in [-0.3, -0.25) is 15.1 Å². The lowest BCUT2D eigenvalue weighted by molar-refractivity contribution is -0.384. The van der Waals surface area contributed by atoms with E-state index in [0.29, 0.717) is 11.3 Å². The third kappa shape index (κ3) is 3.29. The van der Waals surface area contributed by atoms with Crippen LogP contribution < -0.4 is 9.47 Å². The number of nitro groups is 1. The molecular formula is C13H10N2O5. The number of rotatable bonds is 3. The molecule has 0 unspecified atom stereocenters. The Bertz CT molecular complexity index is 642. The number of hydrogen-bond donors (Lipinski definition) is 0. The molecule has 1 aromatic carbocycles. The summed E-state index contributed by atoms with van der Waals surface area (Å²) >= 11 is 0. The smallest absolute Gasteiger partial charge is 0.395 e. The summed E-state index contributed by atoms with van der Waals surface area (Å²) in [6.45, 7) is 1.60. The molecule has 7 heteroatoms. The second-order valence-electron chi connectivity index (χ2n) is 3.84. The summed E-state index contributed by atoms with van der Waals surface area (Å²) in [5, 5.41) is 10.6. The first-order chi connectivity index (χ1) is 9.56. The van der Waals surface area contributed by atoms with E-state index < -0.39 is 11.1 Å². The summed E-state index contributed by atoms with van der Waals surface area (Å²) in [6.07, 6.45) is 2.02. The van der Waals surface area contributed by atoms with Gasteiger partial charge in [0, 0.05) is 24.5 Å². The summed E-state index contributed by atoms with van der Waals surface area (Å²) in [7, 11) is 0. The van der Waals surface area contributed by atoms with E-state index in [9.17, 15) is 14.9 Å². The van der Waals surface area contributed by atoms with E-state index in [4.69, 9.17) is 9.47 Å². The van der Waals surface area contributed by atoms with Crippen molar-refractivity contribution in [2.24, 2.45) is 0 Å². The Labute approximate surface area is 113 Å². The van der Waals surface area contributed by atoms with Crippen LogP contribution in [0.25, 0.3) is 0 Å². The van der Waals surface area contributed by atoms with Crippen LogP contribution in [0.4, 0.5) is 10.5 Å². The van der Waals surface area contributed by atoms with Gasteiger partial charge in [-0.05, 0) is 30.7 Å². The Morgan fingerprint density at radius 3 is 2.50 bits per heavy atom. The van der Waals surface area contributed by atoms with Crippen molar-refractivity contribution in [1.82, 2.24) is 4.98 Å². The topological polar surface area (TPSA) is 91.6 Å². The van der Waals surface area contributed by atoms with Crippen LogP contribution in [0.5, 0.6) is 11.5 Å². The molecule has 1 heterocycles. The van der Waals surface area contributed by atoms with Gasteiger partial charge in [0.05, 0.1) is 4.92 Å². The maximum atomic E-state index is 11.6. The van der Waals surface area contributed by atoms with Gasteiger partial charge >= 0.3 is 6.16 Å². The Balaban J connectivity index is 2.06. The molecule has 7 nitrogen and oxygen atoms in total. The molecule has 0 aliphatic heterocycles. The van der Waals surface area contributed by atoms with Gasteiger partial charge in [0.2, 0.25) is 0 Å². The maximum absolute atomic E-state index is 11.6. The number of aromatic nitrogens is 1. The fourth-order valence-electron chi connectivity index (χ4n) is 1.47. The first-order valence-corrected chi connectivity index (χ1v) is 5.61. The molecule has 0 N–H and O–H groups in total. The lowest BCUT2D eigenvalue weighted by Crippen LogP contribution is -2.14. The Hall–Kier alpha value is -2.96. The highest BCUT2D eigenvalue weighted by Gasteiger charge is 2.13. The summed E-state index contributed by atoms with van der Waals surface area (Å²) < 4.78 is 9.90. The highest BCUT2D eigenvalue weighted by molar-refractivity contribution is 5.67. The predicted molar refractivity (Wildman–Crippen MR) is 68.7 cm³/mol. The standard InChI is InChI=1S/C13H10N2O5/c1-9-8-10(15(17)18)2-3-12(9)20-13(16)19-11-4-6-14-7-5-11/h2-8H,1H3. The number of ether oxygens (including phenoxy) is 2. The van der Waals surface area contributed by atoms with Gasteiger partial charge < -0.3 is 9.47 Å². The van der Waals surface area contributed by atoms with Gasteiger partial charge in [0.1, 0.15) is 11.5 Å². The number of carbonyl (C=O) groups is 1. The Morgan fingerprint density at radius 1 is 1.20 bits per heavy atom. The number of carbonyl (C=O) groups excluding carboxylic acids is 1. The predicted octanol–water partition coefficient (Wildman–Crippen LogP) is 2.88. The van der Waals surface area contributed by atoms with Crippen molar-refractivity contribution in [2.45, 2.75) is 6.92 Å². The molecule has 0 radical (unpaired) electrons. The molecular weight excluding hydrogens is 264 g/mol. The van der Waals surface area contributed by atoms with Gasteiger partial charge in [-0.1, -0.05) is 0 Å². The zero-order chi connectivity index (χ0) is 14.5. The number of benzene rings is 1. The van der Waals surface area contributed by atoms with E-state index in [1.54, 1.807) is 6.92 Å². The van der Waals surface area contributed by atoms with E-state index >= 15 is 0 Å². The molecule has 0 amide bonds. The number of hydrogen-bond acceptors (Lipinski definition) is 6. The molecule has 2 aromatic rings. The van der Waals surface area contributed by atoms with E-state index in [2.05, 4.69) is 4.98 Å². The number of nitro benzene ring substituents is 1.